The van der Waals surface area contributed by atoms with Crippen LogP contribution < -0.4 is 0 Å². The van der Waals surface area contributed by atoms with Crippen LogP contribution in [-0.4, -0.2) is 5.78 Å². The van der Waals surface area contributed by atoms with Crippen molar-refractivity contribution in [3.05, 3.63) is 35.5 Å². The molecule has 0 bridgehead atoms. The molecule has 0 unspecified atom stereocenters. The van der Waals surface area contributed by atoms with Gasteiger partial charge in [0.15, 0.2) is 5.78 Å². The molecule has 0 fully saturated rings. The summed E-state index contributed by atoms with van der Waals surface area (Å²) in [6.45, 7) is 7.95. The Morgan fingerprint density at radius 1 is 1.15 bits per heavy atom. The van der Waals surface area contributed by atoms with Crippen molar-refractivity contribution < 1.29 is 4.79 Å². The third kappa shape index (κ3) is 3.41. The van der Waals surface area contributed by atoms with E-state index in [9.17, 15) is 4.79 Å². The molecule has 72 valence electrons. The van der Waals surface area contributed by atoms with Crippen molar-refractivity contribution in [3.8, 4) is 0 Å². The molecule has 0 amide bonds. The molecule has 0 saturated carbocycles. The molecule has 0 heterocycles. The fraction of sp³-hybridized carbons (Fsp3) is 0.417. The number of allylic oxidation sites excluding steroid dienone is 6. The first-order valence-electron chi connectivity index (χ1n) is 4.80. The van der Waals surface area contributed by atoms with Crippen LogP contribution >= 0.6 is 0 Å². The van der Waals surface area contributed by atoms with Gasteiger partial charge in [-0.25, -0.2) is 0 Å². The van der Waals surface area contributed by atoms with Gasteiger partial charge in [-0.05, 0) is 31.1 Å². The summed E-state index contributed by atoms with van der Waals surface area (Å²) in [7, 11) is 0. The Labute approximate surface area is 80.8 Å². The summed E-state index contributed by atoms with van der Waals surface area (Å²) in [4.78, 5) is 10.9. The summed E-state index contributed by atoms with van der Waals surface area (Å²) in [5, 5.41) is 0. The molecule has 1 rings (SSSR count). The van der Waals surface area contributed by atoms with Crippen LogP contribution in [0.2, 0.25) is 0 Å². The van der Waals surface area contributed by atoms with E-state index in [1.54, 1.807) is 6.08 Å². The minimum atomic E-state index is 0.198. The van der Waals surface area contributed by atoms with Crippen LogP contribution in [0.4, 0.5) is 0 Å². The minimum absolute atomic E-state index is 0.198. The summed E-state index contributed by atoms with van der Waals surface area (Å²) in [6.07, 6.45) is 8.10. The van der Waals surface area contributed by atoms with Gasteiger partial charge in [-0.15, -0.1) is 0 Å². The lowest BCUT2D eigenvalue weighted by Gasteiger charge is -2.10. The maximum absolute atomic E-state index is 10.9. The zero-order valence-electron chi connectivity index (χ0n) is 8.92. The lowest BCUT2D eigenvalue weighted by atomic mass is 9.94. The molecule has 0 saturated heterocycles. The second kappa shape index (κ2) is 6.41. The van der Waals surface area contributed by atoms with Crippen molar-refractivity contribution in [3.63, 3.8) is 0 Å². The second-order valence-electron chi connectivity index (χ2n) is 2.53. The van der Waals surface area contributed by atoms with Crippen LogP contribution in [0.3, 0.4) is 0 Å². The van der Waals surface area contributed by atoms with E-state index >= 15 is 0 Å². The molecule has 0 atom stereocenters. The smallest absolute Gasteiger partial charge is 0.160 e. The third-order valence-electron chi connectivity index (χ3n) is 1.84. The number of ketones is 1. The van der Waals surface area contributed by atoms with Crippen molar-refractivity contribution in [2.45, 2.75) is 34.1 Å². The third-order valence-corrected chi connectivity index (χ3v) is 1.84. The number of rotatable bonds is 0. The number of carbonyl (C=O) groups excluding carboxylic acids is 1. The van der Waals surface area contributed by atoms with Gasteiger partial charge in [0.1, 0.15) is 0 Å². The van der Waals surface area contributed by atoms with Crippen molar-refractivity contribution in [2.75, 3.05) is 0 Å². The highest BCUT2D eigenvalue weighted by molar-refractivity contribution is 5.94. The lowest BCUT2D eigenvalue weighted by molar-refractivity contribution is -0.114. The summed E-state index contributed by atoms with van der Waals surface area (Å²) in [5.41, 5.74) is 2.31. The van der Waals surface area contributed by atoms with Gasteiger partial charge in [0.25, 0.3) is 0 Å². The first-order chi connectivity index (χ1) is 6.27. The van der Waals surface area contributed by atoms with Crippen molar-refractivity contribution >= 4 is 5.78 Å². The fourth-order valence-electron chi connectivity index (χ4n) is 1.19. The van der Waals surface area contributed by atoms with Gasteiger partial charge in [-0.3, -0.25) is 4.79 Å². The maximum atomic E-state index is 10.9. The summed E-state index contributed by atoms with van der Waals surface area (Å²) < 4.78 is 0. The van der Waals surface area contributed by atoms with Crippen LogP contribution in [0.1, 0.15) is 34.1 Å². The van der Waals surface area contributed by atoms with E-state index in [4.69, 9.17) is 0 Å². The molecule has 1 aliphatic carbocycles. The van der Waals surface area contributed by atoms with Crippen molar-refractivity contribution in [1.29, 1.82) is 0 Å². The lowest BCUT2D eigenvalue weighted by Crippen LogP contribution is -2.02. The second-order valence-corrected chi connectivity index (χ2v) is 2.53. The highest BCUT2D eigenvalue weighted by atomic mass is 16.1. The average Bonchev–Trinajstić information content (AvgIpc) is 2.20. The van der Waals surface area contributed by atoms with E-state index in [1.165, 1.54) is 5.57 Å². The van der Waals surface area contributed by atoms with Gasteiger partial charge in [-0.1, -0.05) is 32.1 Å². The number of hydrogen-bond acceptors (Lipinski definition) is 1. The molecule has 1 heteroatoms. The highest BCUT2D eigenvalue weighted by Crippen LogP contribution is 2.20. The molecule has 13 heavy (non-hydrogen) atoms. The van der Waals surface area contributed by atoms with E-state index in [2.05, 4.69) is 0 Å². The predicted octanol–water partition coefficient (Wildman–Crippen LogP) is 3.43. The maximum Gasteiger partial charge on any atom is 0.160 e. The average molecular weight is 178 g/mol. The van der Waals surface area contributed by atoms with E-state index in [-0.39, 0.29) is 5.78 Å². The molecule has 0 radical (unpaired) electrons. The molecule has 1 nitrogen and oxygen atoms in total. The van der Waals surface area contributed by atoms with Gasteiger partial charge >= 0.3 is 0 Å². The van der Waals surface area contributed by atoms with Gasteiger partial charge in [-0.2, -0.15) is 0 Å². The SMILES string of the molecule is C/C=C1/C=CC(=O)C/C1=C/C.CC. The van der Waals surface area contributed by atoms with E-state index < -0.39 is 0 Å². The van der Waals surface area contributed by atoms with Crippen LogP contribution in [0.25, 0.3) is 0 Å². The van der Waals surface area contributed by atoms with Crippen molar-refractivity contribution in [1.82, 2.24) is 0 Å². The predicted molar refractivity (Wildman–Crippen MR) is 57.6 cm³/mol. The largest absolute Gasteiger partial charge is 0.294 e. The molecular weight excluding hydrogens is 160 g/mol. The molecular formula is C12H18O. The Kier molecular flexibility index (Phi) is 5.86. The van der Waals surface area contributed by atoms with Gasteiger partial charge in [0, 0.05) is 6.42 Å². The van der Waals surface area contributed by atoms with Gasteiger partial charge < -0.3 is 0 Å². The van der Waals surface area contributed by atoms with Crippen LogP contribution in [0, 0.1) is 0 Å². The van der Waals surface area contributed by atoms with Gasteiger partial charge in [0.2, 0.25) is 0 Å². The Balaban J connectivity index is 0.000000671. The summed E-state index contributed by atoms with van der Waals surface area (Å²) >= 11 is 0. The molecule has 0 aromatic heterocycles. The Morgan fingerprint density at radius 2 is 1.77 bits per heavy atom. The topological polar surface area (TPSA) is 17.1 Å². The van der Waals surface area contributed by atoms with E-state index in [0.717, 1.165) is 5.57 Å². The monoisotopic (exact) mass is 178 g/mol. The van der Waals surface area contributed by atoms with Crippen LogP contribution in [0.15, 0.2) is 35.5 Å². The van der Waals surface area contributed by atoms with Crippen molar-refractivity contribution in [2.24, 2.45) is 0 Å². The van der Waals surface area contributed by atoms with E-state index in [1.807, 2.05) is 45.9 Å². The molecule has 0 N–H and O–H groups in total. The summed E-state index contributed by atoms with van der Waals surface area (Å²) in [5.74, 6) is 0.198. The standard InChI is InChI=1S/C10H12O.C2H6/c1-3-8-5-6-10(11)7-9(8)4-2;1-2/h3-6H,7H2,1-2H3;1-2H3/b8-3-,9-4-;. The zero-order valence-corrected chi connectivity index (χ0v) is 8.92. The van der Waals surface area contributed by atoms with Crippen LogP contribution in [0.5, 0.6) is 0 Å². The number of carbonyl (C=O) groups is 1. The quantitative estimate of drug-likeness (QED) is 0.555. The molecule has 0 aliphatic heterocycles. The Hall–Kier alpha value is -1.11. The Morgan fingerprint density at radius 3 is 2.23 bits per heavy atom. The fourth-order valence-corrected chi connectivity index (χ4v) is 1.19. The molecule has 0 aromatic rings. The van der Waals surface area contributed by atoms with E-state index in [0.29, 0.717) is 6.42 Å². The van der Waals surface area contributed by atoms with Gasteiger partial charge in [0.05, 0.1) is 0 Å². The minimum Gasteiger partial charge on any atom is -0.294 e. The first-order valence-corrected chi connectivity index (χ1v) is 4.80. The Bertz CT molecular complexity index is 254. The molecule has 0 spiro atoms. The molecule has 1 aliphatic rings. The highest BCUT2D eigenvalue weighted by Gasteiger charge is 2.09. The first kappa shape index (κ1) is 11.9. The number of hydrogen-bond donors (Lipinski definition) is 0. The zero-order chi connectivity index (χ0) is 10.3. The van der Waals surface area contributed by atoms with Crippen LogP contribution in [-0.2, 0) is 4.79 Å². The normalized spacial score (nSPS) is 21.7. The summed E-state index contributed by atoms with van der Waals surface area (Å²) in [6, 6.07) is 0. The molecule has 0 aromatic carbocycles.